The minimum Gasteiger partial charge on any atom is -0.390 e. The summed E-state index contributed by atoms with van der Waals surface area (Å²) in [7, 11) is 0. The van der Waals surface area contributed by atoms with Gasteiger partial charge in [-0.05, 0) is 35.9 Å². The largest absolute Gasteiger partial charge is 0.390 e. The van der Waals surface area contributed by atoms with E-state index in [2.05, 4.69) is 30.7 Å². The van der Waals surface area contributed by atoms with Gasteiger partial charge >= 0.3 is 0 Å². The Morgan fingerprint density at radius 3 is 3.15 bits per heavy atom. The molecule has 1 fully saturated rings. The first kappa shape index (κ1) is 17.0. The van der Waals surface area contributed by atoms with Gasteiger partial charge in [0.1, 0.15) is 0 Å². The van der Waals surface area contributed by atoms with Crippen LogP contribution in [-0.2, 0) is 6.54 Å². The number of aromatic nitrogens is 5. The zero-order chi connectivity index (χ0) is 18.1. The lowest BCUT2D eigenvalue weighted by molar-refractivity contribution is 0.0346. The number of carbonyl (C=O) groups is 1. The summed E-state index contributed by atoms with van der Waals surface area (Å²) in [5.41, 5.74) is 2.00. The molecule has 2 N–H and O–H groups in total. The van der Waals surface area contributed by atoms with Crippen LogP contribution in [0.3, 0.4) is 0 Å². The Morgan fingerprint density at radius 1 is 1.50 bits per heavy atom. The van der Waals surface area contributed by atoms with Crippen molar-refractivity contribution in [1.82, 2.24) is 35.2 Å². The Balaban J connectivity index is 1.36. The Morgan fingerprint density at radius 2 is 2.38 bits per heavy atom. The van der Waals surface area contributed by atoms with Gasteiger partial charge in [-0.1, -0.05) is 0 Å². The molecule has 3 aromatic rings. The first-order chi connectivity index (χ1) is 12.6. The van der Waals surface area contributed by atoms with E-state index in [1.165, 1.54) is 4.52 Å². The molecule has 26 heavy (non-hydrogen) atoms. The van der Waals surface area contributed by atoms with E-state index in [-0.39, 0.29) is 11.9 Å². The van der Waals surface area contributed by atoms with Crippen molar-refractivity contribution in [1.29, 1.82) is 0 Å². The van der Waals surface area contributed by atoms with Gasteiger partial charge in [0.05, 0.1) is 22.8 Å². The van der Waals surface area contributed by atoms with Crippen LogP contribution in [0.25, 0.3) is 5.65 Å². The number of nitrogens with zero attached hydrogens (tertiary/aromatic N) is 6. The number of nitrogens with one attached hydrogen (secondary N) is 1. The Kier molecular flexibility index (Phi) is 4.62. The molecule has 0 aliphatic carbocycles. The van der Waals surface area contributed by atoms with Crippen LogP contribution in [0.5, 0.6) is 0 Å². The van der Waals surface area contributed by atoms with Crippen molar-refractivity contribution < 1.29 is 9.90 Å². The molecule has 1 aliphatic rings. The molecule has 2 atom stereocenters. The van der Waals surface area contributed by atoms with Gasteiger partial charge in [0, 0.05) is 36.8 Å². The number of β-amino-alcohol motifs (C(OH)–C–C–N with tert-alkyl or cyclic N) is 1. The van der Waals surface area contributed by atoms with Gasteiger partial charge in [-0.2, -0.15) is 0 Å². The molecular formula is C16H19N7O2S. The van der Waals surface area contributed by atoms with Crippen molar-refractivity contribution in [2.24, 2.45) is 0 Å². The highest BCUT2D eigenvalue weighted by molar-refractivity contribution is 7.09. The highest BCUT2D eigenvalue weighted by atomic mass is 32.1. The number of aryl methyl sites for hydroxylation is 1. The van der Waals surface area contributed by atoms with Crippen molar-refractivity contribution in [3.8, 4) is 0 Å². The van der Waals surface area contributed by atoms with E-state index in [9.17, 15) is 9.90 Å². The number of thiazole rings is 1. The highest BCUT2D eigenvalue weighted by Gasteiger charge is 2.29. The van der Waals surface area contributed by atoms with Gasteiger partial charge in [-0.15, -0.1) is 16.4 Å². The van der Waals surface area contributed by atoms with Crippen LogP contribution >= 0.6 is 11.3 Å². The summed E-state index contributed by atoms with van der Waals surface area (Å²) in [5, 5.41) is 27.6. The molecule has 10 heteroatoms. The van der Waals surface area contributed by atoms with Gasteiger partial charge in [-0.3, -0.25) is 9.69 Å². The quantitative estimate of drug-likeness (QED) is 0.675. The molecule has 0 spiro atoms. The van der Waals surface area contributed by atoms with E-state index in [1.807, 2.05) is 12.3 Å². The minimum atomic E-state index is -0.620. The number of hydrogen-bond acceptors (Lipinski definition) is 8. The second-order valence-corrected chi connectivity index (χ2v) is 7.49. The maximum absolute atomic E-state index is 12.5. The van der Waals surface area contributed by atoms with E-state index in [1.54, 1.807) is 29.7 Å². The third-order valence-electron chi connectivity index (χ3n) is 4.50. The van der Waals surface area contributed by atoms with Crippen molar-refractivity contribution in [3.63, 3.8) is 0 Å². The van der Waals surface area contributed by atoms with E-state index >= 15 is 0 Å². The molecule has 0 aromatic carbocycles. The third kappa shape index (κ3) is 3.57. The van der Waals surface area contributed by atoms with E-state index in [4.69, 9.17) is 0 Å². The molecule has 1 aliphatic heterocycles. The summed E-state index contributed by atoms with van der Waals surface area (Å²) in [6.07, 6.45) is 1.70. The second kappa shape index (κ2) is 7.06. The number of likely N-dealkylation sites (tertiary alicyclic amines) is 1. The summed E-state index contributed by atoms with van der Waals surface area (Å²) in [4.78, 5) is 19.1. The minimum absolute atomic E-state index is 0.233. The third-order valence-corrected chi connectivity index (χ3v) is 5.32. The van der Waals surface area contributed by atoms with Crippen LogP contribution in [0, 0.1) is 6.92 Å². The van der Waals surface area contributed by atoms with Crippen LogP contribution in [0.15, 0.2) is 23.7 Å². The average Bonchev–Trinajstić information content (AvgIpc) is 3.25. The number of fused-ring (bicyclic) bond motifs is 1. The molecular weight excluding hydrogens is 354 g/mol. The first-order valence-corrected chi connectivity index (χ1v) is 9.26. The monoisotopic (exact) mass is 373 g/mol. The predicted molar refractivity (Wildman–Crippen MR) is 94.8 cm³/mol. The van der Waals surface area contributed by atoms with Crippen LogP contribution < -0.4 is 5.32 Å². The first-order valence-electron chi connectivity index (χ1n) is 8.38. The molecule has 4 rings (SSSR count). The van der Waals surface area contributed by atoms with Crippen molar-refractivity contribution in [3.05, 3.63) is 40.0 Å². The molecule has 0 saturated carbocycles. The van der Waals surface area contributed by atoms with Crippen LogP contribution in [-0.4, -0.2) is 66.2 Å². The number of hydrogen-bond donors (Lipinski definition) is 2. The van der Waals surface area contributed by atoms with Gasteiger partial charge in [0.15, 0.2) is 5.65 Å². The fourth-order valence-electron chi connectivity index (χ4n) is 3.15. The maximum atomic E-state index is 12.5. The Bertz CT molecular complexity index is 924. The maximum Gasteiger partial charge on any atom is 0.251 e. The SMILES string of the molecule is Cc1nc(CN2CC[C@@H](NC(=O)c3ccn4nnnc4c3)[C@H](O)C2)cs1. The summed E-state index contributed by atoms with van der Waals surface area (Å²) < 4.78 is 1.49. The number of piperidine rings is 1. The fourth-order valence-corrected chi connectivity index (χ4v) is 3.76. The molecule has 4 heterocycles. The number of rotatable bonds is 4. The average molecular weight is 373 g/mol. The van der Waals surface area contributed by atoms with Gasteiger partial charge < -0.3 is 10.4 Å². The molecule has 0 unspecified atom stereocenters. The van der Waals surface area contributed by atoms with E-state index in [0.717, 1.165) is 23.8 Å². The number of carbonyl (C=O) groups excluding carboxylic acids is 1. The molecule has 1 amide bonds. The van der Waals surface area contributed by atoms with Crippen LogP contribution in [0.1, 0.15) is 27.5 Å². The number of aliphatic hydroxyl groups is 1. The van der Waals surface area contributed by atoms with Gasteiger partial charge in [0.2, 0.25) is 0 Å². The predicted octanol–water partition coefficient (Wildman–Crippen LogP) is 0.254. The second-order valence-electron chi connectivity index (χ2n) is 6.43. The molecule has 1 saturated heterocycles. The normalized spacial score (nSPS) is 21.2. The number of aliphatic hydroxyl groups excluding tert-OH is 1. The van der Waals surface area contributed by atoms with Crippen molar-refractivity contribution in [2.75, 3.05) is 13.1 Å². The molecule has 9 nitrogen and oxygen atoms in total. The van der Waals surface area contributed by atoms with Gasteiger partial charge in [-0.25, -0.2) is 9.50 Å². The molecule has 0 bridgehead atoms. The zero-order valence-electron chi connectivity index (χ0n) is 14.2. The molecule has 136 valence electrons. The fraction of sp³-hybridized carbons (Fsp3) is 0.438. The van der Waals surface area contributed by atoms with Crippen LogP contribution in [0.4, 0.5) is 0 Å². The summed E-state index contributed by atoms with van der Waals surface area (Å²) in [6.45, 7) is 4.01. The lowest BCUT2D eigenvalue weighted by Crippen LogP contribution is -2.53. The Hall–Kier alpha value is -2.43. The topological polar surface area (TPSA) is 109 Å². The van der Waals surface area contributed by atoms with Gasteiger partial charge in [0.25, 0.3) is 5.91 Å². The lowest BCUT2D eigenvalue weighted by Gasteiger charge is -2.35. The number of amides is 1. The highest BCUT2D eigenvalue weighted by Crippen LogP contribution is 2.17. The standard InChI is InChI=1S/C16H19N7O2S/c1-10-17-12(9-26-10)7-22-4-3-13(14(24)8-22)18-16(25)11-2-5-23-15(6-11)19-20-21-23/h2,5-6,9,13-14,24H,3-4,7-8H2,1H3,(H,18,25)/t13-,14-/m1/s1. The number of pyridine rings is 1. The number of tetrazole rings is 1. The Labute approximate surface area is 153 Å². The summed E-state index contributed by atoms with van der Waals surface area (Å²) in [5.74, 6) is -0.233. The van der Waals surface area contributed by atoms with Crippen molar-refractivity contribution in [2.45, 2.75) is 32.0 Å². The lowest BCUT2D eigenvalue weighted by atomic mass is 10.0. The molecule has 0 radical (unpaired) electrons. The summed E-state index contributed by atoms with van der Waals surface area (Å²) in [6, 6.07) is 3.01. The van der Waals surface area contributed by atoms with E-state index in [0.29, 0.717) is 24.2 Å². The van der Waals surface area contributed by atoms with E-state index < -0.39 is 6.10 Å². The smallest absolute Gasteiger partial charge is 0.251 e. The zero-order valence-corrected chi connectivity index (χ0v) is 15.1. The van der Waals surface area contributed by atoms with Crippen LogP contribution in [0.2, 0.25) is 0 Å². The van der Waals surface area contributed by atoms with Crippen molar-refractivity contribution >= 4 is 22.9 Å². The molecule has 3 aromatic heterocycles. The summed E-state index contributed by atoms with van der Waals surface area (Å²) >= 11 is 1.63.